The molecule has 0 radical (unpaired) electrons. The van der Waals surface area contributed by atoms with E-state index in [0.29, 0.717) is 0 Å². The van der Waals surface area contributed by atoms with E-state index < -0.39 is 0 Å². The highest BCUT2D eigenvalue weighted by atomic mass is 14.7. The average molecular weight is 211 g/mol. The van der Waals surface area contributed by atoms with Gasteiger partial charge in [-0.15, -0.1) is 0 Å². The maximum atomic E-state index is 4.07. The second-order valence-corrected chi connectivity index (χ2v) is 4.00. The quantitative estimate of drug-likeness (QED) is 0.725. The fraction of sp³-hybridized carbons (Fsp3) is 0.200. The van der Waals surface area contributed by atoms with Crippen LogP contribution in [0.25, 0.3) is 16.5 Å². The molecule has 0 atom stereocenters. The van der Waals surface area contributed by atoms with Crippen molar-refractivity contribution in [1.82, 2.24) is 4.98 Å². The third-order valence-electron chi connectivity index (χ3n) is 2.85. The summed E-state index contributed by atoms with van der Waals surface area (Å²) in [5.41, 5.74) is 4.69. The third kappa shape index (κ3) is 1.69. The molecule has 0 saturated heterocycles. The van der Waals surface area contributed by atoms with Crippen LogP contribution in [0.1, 0.15) is 24.6 Å². The molecule has 0 aliphatic carbocycles. The van der Waals surface area contributed by atoms with Gasteiger partial charge in [0.25, 0.3) is 0 Å². The van der Waals surface area contributed by atoms with Gasteiger partial charge in [0.1, 0.15) is 0 Å². The molecule has 0 aliphatic heterocycles. The Morgan fingerprint density at radius 3 is 2.81 bits per heavy atom. The number of H-pyrrole nitrogens is 1. The monoisotopic (exact) mass is 211 g/mol. The summed E-state index contributed by atoms with van der Waals surface area (Å²) in [5.74, 6) is 0. The standard InChI is InChI=1S/C15H17N/c1-4-8-14-15(11(3)5-2)12-9-6-7-10-13(12)16-14/h5-7,9-10,16H,2-4,8H2,1H3. The molecule has 1 heteroatoms. The fourth-order valence-corrected chi connectivity index (χ4v) is 2.10. The molecule has 0 fully saturated rings. The fourth-order valence-electron chi connectivity index (χ4n) is 2.10. The van der Waals surface area contributed by atoms with Crippen molar-refractivity contribution in [1.29, 1.82) is 0 Å². The van der Waals surface area contributed by atoms with Gasteiger partial charge in [-0.2, -0.15) is 0 Å². The van der Waals surface area contributed by atoms with E-state index in [9.17, 15) is 0 Å². The van der Waals surface area contributed by atoms with Crippen LogP contribution in [0.5, 0.6) is 0 Å². The smallest absolute Gasteiger partial charge is 0.0462 e. The molecule has 16 heavy (non-hydrogen) atoms. The topological polar surface area (TPSA) is 15.8 Å². The lowest BCUT2D eigenvalue weighted by atomic mass is 10.0. The molecule has 2 aromatic rings. The number of fused-ring (bicyclic) bond motifs is 1. The lowest BCUT2D eigenvalue weighted by Gasteiger charge is -2.02. The van der Waals surface area contributed by atoms with Crippen LogP contribution < -0.4 is 0 Å². The van der Waals surface area contributed by atoms with Gasteiger partial charge in [-0.05, 0) is 18.1 Å². The first-order valence-corrected chi connectivity index (χ1v) is 5.69. The number of aromatic nitrogens is 1. The molecule has 0 spiro atoms. The van der Waals surface area contributed by atoms with E-state index in [1.165, 1.54) is 22.2 Å². The number of aryl methyl sites for hydroxylation is 1. The van der Waals surface area contributed by atoms with E-state index >= 15 is 0 Å². The summed E-state index contributed by atoms with van der Waals surface area (Å²) < 4.78 is 0. The maximum Gasteiger partial charge on any atom is 0.0462 e. The zero-order valence-electron chi connectivity index (χ0n) is 9.72. The highest BCUT2D eigenvalue weighted by molar-refractivity contribution is 5.96. The number of allylic oxidation sites excluding steroid dienone is 2. The zero-order chi connectivity index (χ0) is 11.5. The minimum absolute atomic E-state index is 1.00. The van der Waals surface area contributed by atoms with Crippen LogP contribution in [-0.4, -0.2) is 4.98 Å². The molecule has 1 aromatic carbocycles. The molecule has 0 aliphatic rings. The van der Waals surface area contributed by atoms with Gasteiger partial charge in [0.05, 0.1) is 0 Å². The average Bonchev–Trinajstić information content (AvgIpc) is 2.66. The van der Waals surface area contributed by atoms with Crippen molar-refractivity contribution in [3.8, 4) is 0 Å². The van der Waals surface area contributed by atoms with E-state index in [0.717, 1.165) is 18.4 Å². The Hall–Kier alpha value is -1.76. The predicted molar refractivity (Wildman–Crippen MR) is 71.5 cm³/mol. The number of benzene rings is 1. The van der Waals surface area contributed by atoms with E-state index in [2.05, 4.69) is 49.3 Å². The van der Waals surface area contributed by atoms with Crippen molar-refractivity contribution in [2.24, 2.45) is 0 Å². The SMILES string of the molecule is C=CC(=C)c1c(CCC)[nH]c2ccccc12. The summed E-state index contributed by atoms with van der Waals surface area (Å²) in [5, 5.41) is 1.25. The molecule has 0 bridgehead atoms. The predicted octanol–water partition coefficient (Wildman–Crippen LogP) is 4.32. The van der Waals surface area contributed by atoms with Crippen molar-refractivity contribution in [2.75, 3.05) is 0 Å². The van der Waals surface area contributed by atoms with Gasteiger partial charge in [0, 0.05) is 22.2 Å². The number of nitrogens with one attached hydrogen (secondary N) is 1. The molecule has 1 N–H and O–H groups in total. The molecule has 0 unspecified atom stereocenters. The molecule has 2 rings (SSSR count). The highest BCUT2D eigenvalue weighted by Crippen LogP contribution is 2.29. The number of rotatable bonds is 4. The molecule has 1 heterocycles. The Bertz CT molecular complexity index is 531. The van der Waals surface area contributed by atoms with Crippen LogP contribution in [0.3, 0.4) is 0 Å². The highest BCUT2D eigenvalue weighted by Gasteiger charge is 2.11. The first kappa shape index (κ1) is 10.7. The number of para-hydroxylation sites is 1. The number of aromatic amines is 1. The normalized spacial score (nSPS) is 10.6. The van der Waals surface area contributed by atoms with Gasteiger partial charge < -0.3 is 4.98 Å². The Balaban J connectivity index is 2.68. The second kappa shape index (κ2) is 4.40. The van der Waals surface area contributed by atoms with Crippen LogP contribution >= 0.6 is 0 Å². The third-order valence-corrected chi connectivity index (χ3v) is 2.85. The zero-order valence-corrected chi connectivity index (χ0v) is 9.72. The Kier molecular flexibility index (Phi) is 2.95. The van der Waals surface area contributed by atoms with Crippen molar-refractivity contribution in [3.05, 3.63) is 54.8 Å². The summed E-state index contributed by atoms with van der Waals surface area (Å²) in [4.78, 5) is 3.47. The molecular formula is C15H17N. The van der Waals surface area contributed by atoms with Crippen molar-refractivity contribution < 1.29 is 0 Å². The van der Waals surface area contributed by atoms with Crippen LogP contribution in [-0.2, 0) is 6.42 Å². The minimum Gasteiger partial charge on any atom is -0.358 e. The number of hydrogen-bond acceptors (Lipinski definition) is 0. The summed E-state index contributed by atoms with van der Waals surface area (Å²) in [7, 11) is 0. The Morgan fingerprint density at radius 1 is 1.38 bits per heavy atom. The van der Waals surface area contributed by atoms with Gasteiger partial charge in [0.2, 0.25) is 0 Å². The van der Waals surface area contributed by atoms with Crippen LogP contribution in [0.4, 0.5) is 0 Å². The van der Waals surface area contributed by atoms with Gasteiger partial charge in [-0.3, -0.25) is 0 Å². The van der Waals surface area contributed by atoms with Crippen molar-refractivity contribution >= 4 is 16.5 Å². The van der Waals surface area contributed by atoms with Gasteiger partial charge in [-0.1, -0.05) is 50.8 Å². The van der Waals surface area contributed by atoms with E-state index in [-0.39, 0.29) is 0 Å². The lowest BCUT2D eigenvalue weighted by molar-refractivity contribution is 0.893. The number of hydrogen-bond donors (Lipinski definition) is 1. The van der Waals surface area contributed by atoms with Crippen molar-refractivity contribution in [3.63, 3.8) is 0 Å². The first-order valence-electron chi connectivity index (χ1n) is 5.69. The molecule has 0 saturated carbocycles. The molecule has 1 aromatic heterocycles. The molecular weight excluding hydrogens is 194 g/mol. The molecule has 82 valence electrons. The lowest BCUT2D eigenvalue weighted by Crippen LogP contribution is -1.88. The summed E-state index contributed by atoms with van der Waals surface area (Å²) in [6.45, 7) is 10.1. The van der Waals surface area contributed by atoms with Gasteiger partial charge in [-0.25, -0.2) is 0 Å². The Morgan fingerprint density at radius 2 is 2.12 bits per heavy atom. The van der Waals surface area contributed by atoms with Crippen LogP contribution in [0, 0.1) is 0 Å². The minimum atomic E-state index is 1.00. The van der Waals surface area contributed by atoms with E-state index in [1.54, 1.807) is 0 Å². The van der Waals surface area contributed by atoms with E-state index in [4.69, 9.17) is 0 Å². The van der Waals surface area contributed by atoms with Crippen LogP contribution in [0.2, 0.25) is 0 Å². The van der Waals surface area contributed by atoms with Crippen LogP contribution in [0.15, 0.2) is 43.5 Å². The molecule has 1 nitrogen and oxygen atoms in total. The Labute approximate surface area is 96.5 Å². The maximum absolute atomic E-state index is 4.07. The van der Waals surface area contributed by atoms with Gasteiger partial charge in [0.15, 0.2) is 0 Å². The van der Waals surface area contributed by atoms with Gasteiger partial charge >= 0.3 is 0 Å². The van der Waals surface area contributed by atoms with Crippen molar-refractivity contribution in [2.45, 2.75) is 19.8 Å². The summed E-state index contributed by atoms with van der Waals surface area (Å²) in [6.07, 6.45) is 4.01. The largest absolute Gasteiger partial charge is 0.358 e. The van der Waals surface area contributed by atoms with E-state index in [1.807, 2.05) is 6.08 Å². The first-order chi connectivity index (χ1) is 7.77. The summed E-state index contributed by atoms with van der Waals surface area (Å²) >= 11 is 0. The second-order valence-electron chi connectivity index (χ2n) is 4.00. The molecule has 0 amide bonds. The summed E-state index contributed by atoms with van der Waals surface area (Å²) in [6, 6.07) is 8.35.